The maximum Gasteiger partial charge on any atom is 0.437 e. The van der Waals surface area contributed by atoms with Gasteiger partial charge in [-0.05, 0) is 13.8 Å². The zero-order valence-electron chi connectivity index (χ0n) is 16.1. The van der Waals surface area contributed by atoms with Gasteiger partial charge in [-0.1, -0.05) is 0 Å². The van der Waals surface area contributed by atoms with Gasteiger partial charge in [0.1, 0.15) is 13.1 Å². The molecule has 150 valence electrons. The SMILES string of the molecule is CCN(CC)C(=O)Cn1nc(Cn2cnc3c2c(=O)n(C)c(=O)n3C)oc1=O. The van der Waals surface area contributed by atoms with Gasteiger partial charge in [0.2, 0.25) is 11.8 Å². The summed E-state index contributed by atoms with van der Waals surface area (Å²) < 4.78 is 9.72. The molecule has 0 spiro atoms. The molecule has 0 bridgehead atoms. The fraction of sp³-hybridized carbons (Fsp3) is 0.500. The third kappa shape index (κ3) is 3.17. The molecule has 0 N–H and O–H groups in total. The summed E-state index contributed by atoms with van der Waals surface area (Å²) in [5.74, 6) is -0.989. The Morgan fingerprint density at radius 2 is 1.82 bits per heavy atom. The van der Waals surface area contributed by atoms with Crippen molar-refractivity contribution < 1.29 is 9.21 Å². The molecule has 12 heteroatoms. The molecule has 1 amide bonds. The molecule has 3 heterocycles. The van der Waals surface area contributed by atoms with E-state index in [-0.39, 0.29) is 36.1 Å². The van der Waals surface area contributed by atoms with Crippen LogP contribution in [0.4, 0.5) is 0 Å². The van der Waals surface area contributed by atoms with Crippen LogP contribution in [0.2, 0.25) is 0 Å². The molecule has 3 aromatic rings. The Kier molecular flexibility index (Phi) is 5.03. The van der Waals surface area contributed by atoms with Gasteiger partial charge < -0.3 is 13.9 Å². The second-order valence-corrected chi connectivity index (χ2v) is 6.24. The predicted octanol–water partition coefficient (Wildman–Crippen LogP) is -1.50. The summed E-state index contributed by atoms with van der Waals surface area (Å²) in [6.45, 7) is 4.46. The number of likely N-dealkylation sites (N-methyl/N-ethyl adjacent to an activating group) is 1. The predicted molar refractivity (Wildman–Crippen MR) is 98.0 cm³/mol. The summed E-state index contributed by atoms with van der Waals surface area (Å²) in [5, 5.41) is 4.04. The molecule has 0 radical (unpaired) electrons. The Balaban J connectivity index is 1.94. The maximum absolute atomic E-state index is 12.5. The van der Waals surface area contributed by atoms with Crippen LogP contribution in [0.3, 0.4) is 0 Å². The molecule has 0 atom stereocenters. The van der Waals surface area contributed by atoms with Crippen molar-refractivity contribution in [3.63, 3.8) is 0 Å². The fourth-order valence-corrected chi connectivity index (χ4v) is 2.98. The van der Waals surface area contributed by atoms with Gasteiger partial charge in [-0.2, -0.15) is 4.68 Å². The average molecular weight is 391 g/mol. The van der Waals surface area contributed by atoms with Gasteiger partial charge in [-0.15, -0.1) is 5.10 Å². The molecule has 0 aromatic carbocycles. The van der Waals surface area contributed by atoms with Crippen molar-refractivity contribution in [1.82, 2.24) is 33.4 Å². The van der Waals surface area contributed by atoms with E-state index in [0.717, 1.165) is 9.25 Å². The number of aromatic nitrogens is 6. The van der Waals surface area contributed by atoms with Crippen molar-refractivity contribution in [1.29, 1.82) is 0 Å². The molecular formula is C16H21N7O5. The first-order chi connectivity index (χ1) is 13.3. The highest BCUT2D eigenvalue weighted by Gasteiger charge is 2.18. The molecule has 0 aliphatic carbocycles. The van der Waals surface area contributed by atoms with E-state index in [1.807, 2.05) is 13.8 Å². The number of fused-ring (bicyclic) bond motifs is 1. The number of hydrogen-bond acceptors (Lipinski definition) is 7. The van der Waals surface area contributed by atoms with Crippen molar-refractivity contribution in [3.05, 3.63) is 43.6 Å². The fourth-order valence-electron chi connectivity index (χ4n) is 2.98. The van der Waals surface area contributed by atoms with Crippen LogP contribution in [0.1, 0.15) is 19.7 Å². The van der Waals surface area contributed by atoms with E-state index in [9.17, 15) is 19.2 Å². The number of carbonyl (C=O) groups excluding carboxylic acids is 1. The van der Waals surface area contributed by atoms with E-state index >= 15 is 0 Å². The highest BCUT2D eigenvalue weighted by Crippen LogP contribution is 2.07. The summed E-state index contributed by atoms with van der Waals surface area (Å²) in [6.07, 6.45) is 1.37. The number of rotatable bonds is 6. The highest BCUT2D eigenvalue weighted by atomic mass is 16.4. The lowest BCUT2D eigenvalue weighted by atomic mass is 10.4. The third-order valence-corrected chi connectivity index (χ3v) is 4.57. The minimum atomic E-state index is -0.764. The lowest BCUT2D eigenvalue weighted by molar-refractivity contribution is -0.131. The summed E-state index contributed by atoms with van der Waals surface area (Å²) in [7, 11) is 2.88. The van der Waals surface area contributed by atoms with Crippen molar-refractivity contribution >= 4 is 17.1 Å². The smallest absolute Gasteiger partial charge is 0.390 e. The van der Waals surface area contributed by atoms with Crippen molar-refractivity contribution in [3.8, 4) is 0 Å². The van der Waals surface area contributed by atoms with Crippen molar-refractivity contribution in [2.45, 2.75) is 26.9 Å². The first-order valence-corrected chi connectivity index (χ1v) is 8.73. The quantitative estimate of drug-likeness (QED) is 0.500. The van der Waals surface area contributed by atoms with Gasteiger partial charge in [0.05, 0.1) is 6.33 Å². The van der Waals surface area contributed by atoms with Crippen LogP contribution < -0.4 is 17.0 Å². The van der Waals surface area contributed by atoms with Crippen LogP contribution in [-0.2, 0) is 32.0 Å². The standard InChI is InChI=1S/C16H21N7O5/c1-5-21(6-2)11(24)8-23-16(27)28-10(18-23)7-22-9-17-13-12(22)14(25)20(4)15(26)19(13)3/h9H,5-8H2,1-4H3. The number of hydrogen-bond donors (Lipinski definition) is 0. The van der Waals surface area contributed by atoms with Gasteiger partial charge in [-0.3, -0.25) is 18.7 Å². The maximum atomic E-state index is 12.5. The molecule has 0 fully saturated rings. The van der Waals surface area contributed by atoms with E-state index in [0.29, 0.717) is 13.1 Å². The number of amides is 1. The summed E-state index contributed by atoms with van der Waals surface area (Å²) in [6, 6.07) is 0. The number of carbonyl (C=O) groups is 1. The third-order valence-electron chi connectivity index (χ3n) is 4.57. The van der Waals surface area contributed by atoms with Gasteiger partial charge in [0.25, 0.3) is 5.56 Å². The monoisotopic (exact) mass is 391 g/mol. The molecule has 0 aliphatic heterocycles. The van der Waals surface area contributed by atoms with E-state index < -0.39 is 17.0 Å². The zero-order chi connectivity index (χ0) is 20.6. The van der Waals surface area contributed by atoms with Crippen LogP contribution in [0.5, 0.6) is 0 Å². The zero-order valence-corrected chi connectivity index (χ0v) is 16.1. The second kappa shape index (κ2) is 7.29. The summed E-state index contributed by atoms with van der Waals surface area (Å²) >= 11 is 0. The van der Waals surface area contributed by atoms with Crippen molar-refractivity contribution in [2.24, 2.45) is 14.1 Å². The van der Waals surface area contributed by atoms with Crippen LogP contribution in [0.15, 0.2) is 25.1 Å². The van der Waals surface area contributed by atoms with Crippen molar-refractivity contribution in [2.75, 3.05) is 13.1 Å². The molecule has 0 saturated heterocycles. The lowest BCUT2D eigenvalue weighted by Crippen LogP contribution is -2.37. The first-order valence-electron chi connectivity index (χ1n) is 8.73. The van der Waals surface area contributed by atoms with Crippen LogP contribution >= 0.6 is 0 Å². The molecule has 0 saturated carbocycles. The topological polar surface area (TPSA) is 130 Å². The van der Waals surface area contributed by atoms with Crippen LogP contribution in [-0.4, -0.2) is 52.4 Å². The summed E-state index contributed by atoms with van der Waals surface area (Å²) in [4.78, 5) is 54.3. The molecule has 3 rings (SSSR count). The molecule has 12 nitrogen and oxygen atoms in total. The Labute approximate surface area is 158 Å². The Morgan fingerprint density at radius 1 is 1.14 bits per heavy atom. The van der Waals surface area contributed by atoms with E-state index in [1.54, 1.807) is 4.90 Å². The molecule has 0 unspecified atom stereocenters. The van der Waals surface area contributed by atoms with Crippen LogP contribution in [0, 0.1) is 0 Å². The molecule has 3 aromatic heterocycles. The van der Waals surface area contributed by atoms with E-state index in [2.05, 4.69) is 10.1 Å². The average Bonchev–Trinajstić information content (AvgIpc) is 3.23. The van der Waals surface area contributed by atoms with Gasteiger partial charge in [0, 0.05) is 27.2 Å². The minimum absolute atomic E-state index is 0.0209. The largest absolute Gasteiger partial charge is 0.437 e. The summed E-state index contributed by atoms with van der Waals surface area (Å²) in [5.41, 5.74) is -0.616. The van der Waals surface area contributed by atoms with E-state index in [1.165, 1.54) is 29.6 Å². The Morgan fingerprint density at radius 3 is 2.46 bits per heavy atom. The van der Waals surface area contributed by atoms with Gasteiger partial charge in [-0.25, -0.2) is 14.6 Å². The van der Waals surface area contributed by atoms with Crippen LogP contribution in [0.25, 0.3) is 11.2 Å². The van der Waals surface area contributed by atoms with E-state index in [4.69, 9.17) is 4.42 Å². The molecular weight excluding hydrogens is 370 g/mol. The Hall–Kier alpha value is -3.44. The first kappa shape index (κ1) is 19.3. The van der Waals surface area contributed by atoms with Gasteiger partial charge >= 0.3 is 11.4 Å². The highest BCUT2D eigenvalue weighted by molar-refractivity contribution is 5.75. The lowest BCUT2D eigenvalue weighted by Gasteiger charge is -2.17. The number of aryl methyl sites for hydroxylation is 1. The number of nitrogens with zero attached hydrogens (tertiary/aromatic N) is 7. The number of imidazole rings is 1. The molecule has 28 heavy (non-hydrogen) atoms. The minimum Gasteiger partial charge on any atom is -0.390 e. The second-order valence-electron chi connectivity index (χ2n) is 6.24. The van der Waals surface area contributed by atoms with Gasteiger partial charge in [0.15, 0.2) is 11.2 Å². The normalized spacial score (nSPS) is 11.3. The molecule has 0 aliphatic rings. The Bertz CT molecular complexity index is 1200.